The normalized spacial score (nSPS) is 18.7. The first-order valence-corrected chi connectivity index (χ1v) is 6.32. The van der Waals surface area contributed by atoms with Crippen molar-refractivity contribution in [1.29, 1.82) is 0 Å². The third-order valence-corrected chi connectivity index (χ3v) is 3.30. The van der Waals surface area contributed by atoms with Crippen LogP contribution in [0.1, 0.15) is 24.4 Å². The summed E-state index contributed by atoms with van der Waals surface area (Å²) in [7, 11) is 1.95. The first-order chi connectivity index (χ1) is 8.48. The molecule has 0 unspecified atom stereocenters. The Morgan fingerprint density at radius 3 is 2.61 bits per heavy atom. The maximum absolute atomic E-state index is 10.5. The van der Waals surface area contributed by atoms with Crippen LogP contribution in [0.2, 0.25) is 0 Å². The molecule has 5 nitrogen and oxygen atoms in total. The van der Waals surface area contributed by atoms with Gasteiger partial charge < -0.3 is 14.7 Å². The molecule has 2 heterocycles. The van der Waals surface area contributed by atoms with E-state index in [0.717, 1.165) is 17.3 Å². The molecule has 1 fully saturated rings. The van der Waals surface area contributed by atoms with Gasteiger partial charge in [-0.1, -0.05) is 0 Å². The maximum Gasteiger partial charge on any atom is 0.132 e. The Labute approximate surface area is 108 Å². The summed E-state index contributed by atoms with van der Waals surface area (Å²) in [6.45, 7) is 5.67. The maximum atomic E-state index is 10.5. The van der Waals surface area contributed by atoms with E-state index in [1.165, 1.54) is 0 Å². The number of anilines is 1. The van der Waals surface area contributed by atoms with Crippen molar-refractivity contribution in [3.63, 3.8) is 0 Å². The minimum atomic E-state index is -0.667. The SMILES string of the molecule is Cc1cc(N(C)CC2(O)CCOCC2)nc(C)n1. The number of rotatable bonds is 3. The Morgan fingerprint density at radius 2 is 2.00 bits per heavy atom. The second-order valence-electron chi connectivity index (χ2n) is 5.11. The van der Waals surface area contributed by atoms with Crippen LogP contribution in [-0.4, -0.2) is 47.5 Å². The zero-order valence-corrected chi connectivity index (χ0v) is 11.3. The van der Waals surface area contributed by atoms with Crippen LogP contribution in [0.25, 0.3) is 0 Å². The number of aryl methyl sites for hydroxylation is 2. The molecular formula is C13H21N3O2. The van der Waals surface area contributed by atoms with Crippen molar-refractivity contribution in [2.24, 2.45) is 0 Å². The molecule has 0 bridgehead atoms. The lowest BCUT2D eigenvalue weighted by Gasteiger charge is -2.35. The molecule has 0 aromatic carbocycles. The van der Waals surface area contributed by atoms with Gasteiger partial charge in [0.15, 0.2) is 0 Å². The molecule has 1 aromatic heterocycles. The van der Waals surface area contributed by atoms with E-state index in [4.69, 9.17) is 4.74 Å². The predicted octanol–water partition coefficient (Wildman–Crippen LogP) is 1.07. The van der Waals surface area contributed by atoms with Crippen molar-refractivity contribution in [2.45, 2.75) is 32.3 Å². The summed E-state index contributed by atoms with van der Waals surface area (Å²) in [5.74, 6) is 1.62. The van der Waals surface area contributed by atoms with Gasteiger partial charge in [0, 0.05) is 51.4 Å². The van der Waals surface area contributed by atoms with E-state index in [2.05, 4.69) is 9.97 Å². The summed E-state index contributed by atoms with van der Waals surface area (Å²) in [6, 6.07) is 1.94. The monoisotopic (exact) mass is 251 g/mol. The molecule has 0 spiro atoms. The minimum absolute atomic E-state index is 0.576. The molecule has 2 rings (SSSR count). The minimum Gasteiger partial charge on any atom is -0.388 e. The zero-order chi connectivity index (χ0) is 13.2. The van der Waals surface area contributed by atoms with Crippen LogP contribution >= 0.6 is 0 Å². The zero-order valence-electron chi connectivity index (χ0n) is 11.3. The molecule has 1 aliphatic heterocycles. The molecule has 1 aromatic rings. The standard InChI is InChI=1S/C13H21N3O2/c1-10-8-12(15-11(2)14-10)16(3)9-13(17)4-6-18-7-5-13/h8,17H,4-7,9H2,1-3H3. The van der Waals surface area contributed by atoms with E-state index in [1.807, 2.05) is 31.9 Å². The van der Waals surface area contributed by atoms with Crippen LogP contribution in [0.3, 0.4) is 0 Å². The summed E-state index contributed by atoms with van der Waals surface area (Å²) in [5.41, 5.74) is 0.281. The van der Waals surface area contributed by atoms with Crippen molar-refractivity contribution in [3.8, 4) is 0 Å². The highest BCUT2D eigenvalue weighted by Crippen LogP contribution is 2.23. The molecule has 18 heavy (non-hydrogen) atoms. The van der Waals surface area contributed by atoms with Gasteiger partial charge in [0.2, 0.25) is 0 Å². The number of likely N-dealkylation sites (N-methyl/N-ethyl adjacent to an activating group) is 1. The van der Waals surface area contributed by atoms with Gasteiger partial charge >= 0.3 is 0 Å². The Morgan fingerprint density at radius 1 is 1.33 bits per heavy atom. The smallest absolute Gasteiger partial charge is 0.132 e. The molecule has 0 amide bonds. The van der Waals surface area contributed by atoms with E-state index < -0.39 is 5.60 Å². The Bertz CT molecular complexity index is 396. The fourth-order valence-corrected chi connectivity index (χ4v) is 2.32. The van der Waals surface area contributed by atoms with Crippen molar-refractivity contribution < 1.29 is 9.84 Å². The molecule has 100 valence electrons. The highest BCUT2D eigenvalue weighted by molar-refractivity contribution is 5.39. The second kappa shape index (κ2) is 5.20. The van der Waals surface area contributed by atoms with E-state index in [0.29, 0.717) is 32.6 Å². The van der Waals surface area contributed by atoms with Gasteiger partial charge in [0.05, 0.1) is 5.60 Å². The van der Waals surface area contributed by atoms with E-state index in [9.17, 15) is 5.11 Å². The van der Waals surface area contributed by atoms with Crippen LogP contribution in [-0.2, 0) is 4.74 Å². The molecule has 0 aliphatic carbocycles. The third-order valence-electron chi connectivity index (χ3n) is 3.30. The van der Waals surface area contributed by atoms with Crippen molar-refractivity contribution >= 4 is 5.82 Å². The van der Waals surface area contributed by atoms with Crippen molar-refractivity contribution in [2.75, 3.05) is 31.7 Å². The van der Waals surface area contributed by atoms with Gasteiger partial charge in [-0.15, -0.1) is 0 Å². The molecule has 1 N–H and O–H groups in total. The van der Waals surface area contributed by atoms with Gasteiger partial charge in [0.1, 0.15) is 11.6 Å². The number of nitrogens with zero attached hydrogens (tertiary/aromatic N) is 3. The summed E-state index contributed by atoms with van der Waals surface area (Å²) in [4.78, 5) is 10.7. The fourth-order valence-electron chi connectivity index (χ4n) is 2.32. The average Bonchev–Trinajstić information content (AvgIpc) is 2.28. The average molecular weight is 251 g/mol. The van der Waals surface area contributed by atoms with E-state index in [-0.39, 0.29) is 0 Å². The summed E-state index contributed by atoms with van der Waals surface area (Å²) >= 11 is 0. The highest BCUT2D eigenvalue weighted by atomic mass is 16.5. The number of aromatic nitrogens is 2. The van der Waals surface area contributed by atoms with Gasteiger partial charge in [0.25, 0.3) is 0 Å². The first kappa shape index (κ1) is 13.2. The Hall–Kier alpha value is -1.20. The lowest BCUT2D eigenvalue weighted by Crippen LogP contribution is -2.46. The van der Waals surface area contributed by atoms with Gasteiger partial charge in [-0.3, -0.25) is 0 Å². The van der Waals surface area contributed by atoms with Crippen molar-refractivity contribution in [3.05, 3.63) is 17.6 Å². The number of aliphatic hydroxyl groups is 1. The number of ether oxygens (including phenoxy) is 1. The highest BCUT2D eigenvalue weighted by Gasteiger charge is 2.31. The van der Waals surface area contributed by atoms with Crippen LogP contribution in [0.5, 0.6) is 0 Å². The quantitative estimate of drug-likeness (QED) is 0.871. The lowest BCUT2D eigenvalue weighted by atomic mass is 9.94. The summed E-state index contributed by atoms with van der Waals surface area (Å²) in [6.07, 6.45) is 1.36. The summed E-state index contributed by atoms with van der Waals surface area (Å²) in [5, 5.41) is 10.5. The Kier molecular flexibility index (Phi) is 3.82. The lowest BCUT2D eigenvalue weighted by molar-refractivity contribution is -0.0573. The van der Waals surface area contributed by atoms with Gasteiger partial charge in [-0.05, 0) is 13.8 Å². The van der Waals surface area contributed by atoms with Crippen LogP contribution in [0, 0.1) is 13.8 Å². The molecule has 0 atom stereocenters. The third kappa shape index (κ3) is 3.17. The van der Waals surface area contributed by atoms with Gasteiger partial charge in [-0.25, -0.2) is 9.97 Å². The molecule has 0 saturated carbocycles. The van der Waals surface area contributed by atoms with Gasteiger partial charge in [-0.2, -0.15) is 0 Å². The van der Waals surface area contributed by atoms with E-state index in [1.54, 1.807) is 0 Å². The molecule has 1 saturated heterocycles. The van der Waals surface area contributed by atoms with Crippen LogP contribution in [0.4, 0.5) is 5.82 Å². The molecule has 5 heteroatoms. The van der Waals surface area contributed by atoms with E-state index >= 15 is 0 Å². The topological polar surface area (TPSA) is 58.5 Å². The predicted molar refractivity (Wildman–Crippen MR) is 69.8 cm³/mol. The first-order valence-electron chi connectivity index (χ1n) is 6.32. The fraction of sp³-hybridized carbons (Fsp3) is 0.692. The summed E-state index contributed by atoms with van der Waals surface area (Å²) < 4.78 is 5.29. The number of hydrogen-bond acceptors (Lipinski definition) is 5. The van der Waals surface area contributed by atoms with Crippen LogP contribution in [0.15, 0.2) is 6.07 Å². The largest absolute Gasteiger partial charge is 0.388 e. The second-order valence-corrected chi connectivity index (χ2v) is 5.11. The number of hydrogen-bond donors (Lipinski definition) is 1. The molecule has 1 aliphatic rings. The van der Waals surface area contributed by atoms with Crippen molar-refractivity contribution in [1.82, 2.24) is 9.97 Å². The van der Waals surface area contributed by atoms with Crippen LogP contribution < -0.4 is 4.90 Å². The Balaban J connectivity index is 2.08. The molecular weight excluding hydrogens is 230 g/mol. The molecule has 0 radical (unpaired) electrons.